The normalized spacial score (nSPS) is 23.2. The standard InChI is InChI=1S/C20H27N5O2/c21-16-6-1-2-7-17(16)22-19-13-18(14-4-3-5-15(26)12-14)23-20(24-19)25-8-10-27-11-9-25/h3-5,12-13,16-17,26H,1-2,6-11,21H2,(H,22,23,24)/t16-,17-/m1/s1. The molecule has 144 valence electrons. The van der Waals surface area contributed by atoms with Gasteiger partial charge in [-0.15, -0.1) is 0 Å². The highest BCUT2D eigenvalue weighted by molar-refractivity contribution is 5.66. The first kappa shape index (κ1) is 18.0. The highest BCUT2D eigenvalue weighted by Gasteiger charge is 2.23. The average molecular weight is 369 g/mol. The topological polar surface area (TPSA) is 96.5 Å². The van der Waals surface area contributed by atoms with Crippen molar-refractivity contribution in [2.45, 2.75) is 37.8 Å². The fourth-order valence-corrected chi connectivity index (χ4v) is 3.76. The lowest BCUT2D eigenvalue weighted by Gasteiger charge is -2.31. The summed E-state index contributed by atoms with van der Waals surface area (Å²) in [4.78, 5) is 11.7. The maximum atomic E-state index is 9.85. The minimum Gasteiger partial charge on any atom is -0.508 e. The predicted octanol–water partition coefficient (Wildman–Crippen LogP) is 2.37. The van der Waals surface area contributed by atoms with Gasteiger partial charge in [0.05, 0.1) is 18.9 Å². The zero-order valence-electron chi connectivity index (χ0n) is 15.5. The molecule has 2 fully saturated rings. The van der Waals surface area contributed by atoms with Gasteiger partial charge in [0.1, 0.15) is 11.6 Å². The maximum Gasteiger partial charge on any atom is 0.228 e. The van der Waals surface area contributed by atoms with Crippen LogP contribution in [0.5, 0.6) is 5.75 Å². The van der Waals surface area contributed by atoms with Gasteiger partial charge >= 0.3 is 0 Å². The molecular weight excluding hydrogens is 342 g/mol. The second-order valence-electron chi connectivity index (χ2n) is 7.29. The van der Waals surface area contributed by atoms with Gasteiger partial charge in [-0.25, -0.2) is 4.98 Å². The molecule has 4 rings (SSSR count). The van der Waals surface area contributed by atoms with Crippen molar-refractivity contribution < 1.29 is 9.84 Å². The molecule has 1 aromatic heterocycles. The van der Waals surface area contributed by atoms with Crippen LogP contribution in [-0.2, 0) is 4.74 Å². The Balaban J connectivity index is 1.67. The number of hydrogen-bond acceptors (Lipinski definition) is 7. The first-order chi connectivity index (χ1) is 13.2. The van der Waals surface area contributed by atoms with Gasteiger partial charge < -0.3 is 25.8 Å². The van der Waals surface area contributed by atoms with Crippen LogP contribution in [0.3, 0.4) is 0 Å². The third kappa shape index (κ3) is 4.31. The summed E-state index contributed by atoms with van der Waals surface area (Å²) in [5.41, 5.74) is 7.96. The molecule has 0 radical (unpaired) electrons. The molecule has 27 heavy (non-hydrogen) atoms. The Labute approximate surface area is 159 Å². The number of aromatic hydroxyl groups is 1. The molecule has 1 aliphatic heterocycles. The van der Waals surface area contributed by atoms with Crippen molar-refractivity contribution in [3.63, 3.8) is 0 Å². The average Bonchev–Trinajstić information content (AvgIpc) is 2.70. The number of nitrogens with one attached hydrogen (secondary N) is 1. The molecule has 1 saturated heterocycles. The van der Waals surface area contributed by atoms with Gasteiger partial charge in [-0.3, -0.25) is 0 Å². The third-order valence-electron chi connectivity index (χ3n) is 5.30. The zero-order valence-corrected chi connectivity index (χ0v) is 15.5. The fourth-order valence-electron chi connectivity index (χ4n) is 3.76. The van der Waals surface area contributed by atoms with Crippen LogP contribution in [0.1, 0.15) is 25.7 Å². The number of phenols is 1. The number of aromatic nitrogens is 2. The van der Waals surface area contributed by atoms with Gasteiger partial charge in [0.25, 0.3) is 0 Å². The van der Waals surface area contributed by atoms with Crippen molar-refractivity contribution >= 4 is 11.8 Å². The Bertz CT molecular complexity index is 779. The van der Waals surface area contributed by atoms with E-state index in [0.29, 0.717) is 19.2 Å². The molecule has 2 aliphatic rings. The number of benzene rings is 1. The van der Waals surface area contributed by atoms with Gasteiger partial charge in [0.2, 0.25) is 5.95 Å². The lowest BCUT2D eigenvalue weighted by atomic mass is 9.91. The number of morpholine rings is 1. The summed E-state index contributed by atoms with van der Waals surface area (Å²) in [6.45, 7) is 2.89. The lowest BCUT2D eigenvalue weighted by Crippen LogP contribution is -2.43. The first-order valence-electron chi connectivity index (χ1n) is 9.72. The molecule has 0 spiro atoms. The SMILES string of the molecule is N[C@@H]1CCCC[C@H]1Nc1cc(-c2cccc(O)c2)nc(N2CCOCC2)n1. The first-order valence-corrected chi connectivity index (χ1v) is 9.72. The molecule has 0 bridgehead atoms. The van der Waals surface area contributed by atoms with E-state index >= 15 is 0 Å². The highest BCUT2D eigenvalue weighted by Crippen LogP contribution is 2.27. The predicted molar refractivity (Wildman–Crippen MR) is 106 cm³/mol. The second-order valence-corrected chi connectivity index (χ2v) is 7.29. The molecule has 1 saturated carbocycles. The molecule has 1 aromatic carbocycles. The van der Waals surface area contributed by atoms with E-state index in [2.05, 4.69) is 10.2 Å². The molecular formula is C20H27N5O2. The van der Waals surface area contributed by atoms with Crippen LogP contribution in [-0.4, -0.2) is 53.5 Å². The molecule has 2 atom stereocenters. The van der Waals surface area contributed by atoms with Gasteiger partial charge in [-0.2, -0.15) is 4.98 Å². The monoisotopic (exact) mass is 369 g/mol. The van der Waals surface area contributed by atoms with E-state index in [1.807, 2.05) is 18.2 Å². The van der Waals surface area contributed by atoms with E-state index in [4.69, 9.17) is 20.4 Å². The Kier molecular flexibility index (Phi) is 5.40. The van der Waals surface area contributed by atoms with E-state index in [-0.39, 0.29) is 17.8 Å². The van der Waals surface area contributed by atoms with Gasteiger partial charge in [-0.1, -0.05) is 25.0 Å². The van der Waals surface area contributed by atoms with Crippen LogP contribution >= 0.6 is 0 Å². The molecule has 2 heterocycles. The molecule has 7 heteroatoms. The van der Waals surface area contributed by atoms with E-state index in [1.165, 1.54) is 12.8 Å². The summed E-state index contributed by atoms with van der Waals surface area (Å²) in [7, 11) is 0. The summed E-state index contributed by atoms with van der Waals surface area (Å²) in [5.74, 6) is 1.70. The van der Waals surface area contributed by atoms with Crippen LogP contribution in [0.15, 0.2) is 30.3 Å². The van der Waals surface area contributed by atoms with Crippen molar-refractivity contribution in [3.05, 3.63) is 30.3 Å². The molecule has 2 aromatic rings. The van der Waals surface area contributed by atoms with Crippen molar-refractivity contribution in [2.24, 2.45) is 5.73 Å². The molecule has 4 N–H and O–H groups in total. The number of hydrogen-bond donors (Lipinski definition) is 3. The van der Waals surface area contributed by atoms with Crippen molar-refractivity contribution in [3.8, 4) is 17.0 Å². The van der Waals surface area contributed by atoms with E-state index in [9.17, 15) is 5.11 Å². The van der Waals surface area contributed by atoms with Crippen LogP contribution in [0.4, 0.5) is 11.8 Å². The number of rotatable bonds is 4. The second kappa shape index (κ2) is 8.10. The zero-order chi connectivity index (χ0) is 18.6. The molecule has 1 aliphatic carbocycles. The van der Waals surface area contributed by atoms with E-state index < -0.39 is 0 Å². The largest absolute Gasteiger partial charge is 0.508 e. The van der Waals surface area contributed by atoms with Crippen molar-refractivity contribution in [1.82, 2.24) is 9.97 Å². The minimum absolute atomic E-state index is 0.143. The van der Waals surface area contributed by atoms with Crippen molar-refractivity contribution in [1.29, 1.82) is 0 Å². The van der Waals surface area contributed by atoms with E-state index in [1.54, 1.807) is 12.1 Å². The van der Waals surface area contributed by atoms with Crippen molar-refractivity contribution in [2.75, 3.05) is 36.5 Å². The summed E-state index contributed by atoms with van der Waals surface area (Å²) >= 11 is 0. The van der Waals surface area contributed by atoms with Gasteiger partial charge in [0, 0.05) is 36.8 Å². The number of nitrogens with zero attached hydrogens (tertiary/aromatic N) is 3. The van der Waals surface area contributed by atoms with Gasteiger partial charge in [0.15, 0.2) is 0 Å². The van der Waals surface area contributed by atoms with Gasteiger partial charge in [-0.05, 0) is 25.0 Å². The maximum absolute atomic E-state index is 9.85. The number of ether oxygens (including phenoxy) is 1. The number of anilines is 2. The van der Waals surface area contributed by atoms with Crippen LogP contribution in [0.25, 0.3) is 11.3 Å². The fraction of sp³-hybridized carbons (Fsp3) is 0.500. The Hall–Kier alpha value is -2.38. The van der Waals surface area contributed by atoms with Crippen LogP contribution < -0.4 is 16.0 Å². The number of phenolic OH excluding ortho intramolecular Hbond substituents is 1. The quantitative estimate of drug-likeness (QED) is 0.761. The van der Waals surface area contributed by atoms with Crippen LogP contribution in [0, 0.1) is 0 Å². The lowest BCUT2D eigenvalue weighted by molar-refractivity contribution is 0.122. The molecule has 0 unspecified atom stereocenters. The Morgan fingerprint density at radius 1 is 1.11 bits per heavy atom. The summed E-state index contributed by atoms with van der Waals surface area (Å²) in [6, 6.07) is 9.47. The third-order valence-corrected chi connectivity index (χ3v) is 5.30. The smallest absolute Gasteiger partial charge is 0.228 e. The summed E-state index contributed by atoms with van der Waals surface area (Å²) in [6.07, 6.45) is 4.47. The van der Waals surface area contributed by atoms with Crippen LogP contribution in [0.2, 0.25) is 0 Å². The number of nitrogens with two attached hydrogens (primary N) is 1. The summed E-state index contributed by atoms with van der Waals surface area (Å²) in [5, 5.41) is 13.4. The molecule has 0 amide bonds. The summed E-state index contributed by atoms with van der Waals surface area (Å²) < 4.78 is 5.46. The Morgan fingerprint density at radius 3 is 2.70 bits per heavy atom. The van der Waals surface area contributed by atoms with E-state index in [0.717, 1.165) is 43.0 Å². The molecule has 7 nitrogen and oxygen atoms in total. The Morgan fingerprint density at radius 2 is 1.93 bits per heavy atom. The minimum atomic E-state index is 0.143. The highest BCUT2D eigenvalue weighted by atomic mass is 16.5.